The van der Waals surface area contributed by atoms with Crippen LogP contribution in [0.3, 0.4) is 0 Å². The van der Waals surface area contributed by atoms with Crippen LogP contribution in [0.15, 0.2) is 78.9 Å². The van der Waals surface area contributed by atoms with Gasteiger partial charge < -0.3 is 40.1 Å². The van der Waals surface area contributed by atoms with E-state index in [0.29, 0.717) is 44.6 Å². The molecular formula is C39H48N4O7. The molecule has 3 aliphatic rings. The third-order valence-corrected chi connectivity index (χ3v) is 10.2. The molecule has 0 aromatic heterocycles. The van der Waals surface area contributed by atoms with Gasteiger partial charge in [0.05, 0.1) is 25.5 Å². The molecule has 3 aromatic carbocycles. The molecule has 4 N–H and O–H groups in total. The van der Waals surface area contributed by atoms with Crippen LogP contribution in [0.1, 0.15) is 86.9 Å². The molecule has 2 amide bonds. The maximum atomic E-state index is 13.2. The van der Waals surface area contributed by atoms with Gasteiger partial charge in [-0.1, -0.05) is 67.4 Å². The predicted molar refractivity (Wildman–Crippen MR) is 189 cm³/mol. The quantitative estimate of drug-likeness (QED) is 0.162. The molecule has 0 saturated carbocycles. The predicted octanol–water partition coefficient (Wildman–Crippen LogP) is 5.52. The van der Waals surface area contributed by atoms with Gasteiger partial charge in [0.15, 0.2) is 6.29 Å². The van der Waals surface area contributed by atoms with E-state index in [9.17, 15) is 19.5 Å². The average molecular weight is 685 g/mol. The number of unbranched alkanes of at least 4 members (excludes halogenated alkanes) is 3. The van der Waals surface area contributed by atoms with Crippen molar-refractivity contribution in [2.24, 2.45) is 0 Å². The number of aliphatic carboxylic acids is 1. The molecule has 6 rings (SSSR count). The number of amides is 2. The normalized spacial score (nSPS) is 22.0. The monoisotopic (exact) mass is 684 g/mol. The first-order valence-electron chi connectivity index (χ1n) is 17.8. The van der Waals surface area contributed by atoms with Crippen molar-refractivity contribution in [2.75, 3.05) is 36.5 Å². The number of aliphatic hydroxyl groups is 1. The highest BCUT2D eigenvalue weighted by molar-refractivity contribution is 5.93. The minimum Gasteiger partial charge on any atom is -0.481 e. The maximum Gasteiger partial charge on any atom is 0.303 e. The lowest BCUT2D eigenvalue weighted by Crippen LogP contribution is -2.57. The Morgan fingerprint density at radius 1 is 0.860 bits per heavy atom. The number of para-hydroxylation sites is 1. The van der Waals surface area contributed by atoms with Crippen LogP contribution < -0.4 is 15.5 Å². The van der Waals surface area contributed by atoms with Gasteiger partial charge in [-0.3, -0.25) is 14.4 Å². The summed E-state index contributed by atoms with van der Waals surface area (Å²) in [6, 6.07) is 25.5. The van der Waals surface area contributed by atoms with Crippen molar-refractivity contribution in [1.82, 2.24) is 10.2 Å². The number of carboxylic acid groups (broad SMARTS) is 1. The second-order valence-corrected chi connectivity index (χ2v) is 13.6. The van der Waals surface area contributed by atoms with Gasteiger partial charge in [0.2, 0.25) is 11.8 Å². The summed E-state index contributed by atoms with van der Waals surface area (Å²) in [5, 5.41) is 24.4. The molecule has 3 aromatic rings. The molecule has 266 valence electrons. The maximum absolute atomic E-state index is 13.2. The number of aliphatic hydroxyl groups excluding tert-OH is 1. The topological polar surface area (TPSA) is 141 Å². The van der Waals surface area contributed by atoms with E-state index in [1.165, 1.54) is 0 Å². The number of benzene rings is 3. The summed E-state index contributed by atoms with van der Waals surface area (Å²) in [4.78, 5) is 41.0. The lowest BCUT2D eigenvalue weighted by molar-refractivity contribution is -0.253. The Labute approximate surface area is 293 Å². The number of ether oxygens (including phenoxy) is 2. The Kier molecular flexibility index (Phi) is 11.8. The Morgan fingerprint density at radius 2 is 1.54 bits per heavy atom. The van der Waals surface area contributed by atoms with E-state index in [0.717, 1.165) is 61.2 Å². The molecule has 1 spiro atoms. The first-order chi connectivity index (χ1) is 24.3. The van der Waals surface area contributed by atoms with Crippen LogP contribution in [0, 0.1) is 0 Å². The van der Waals surface area contributed by atoms with Gasteiger partial charge in [-0.25, -0.2) is 0 Å². The van der Waals surface area contributed by atoms with Gasteiger partial charge in [-0.2, -0.15) is 0 Å². The molecular weight excluding hydrogens is 636 g/mol. The number of carbonyl (C=O) groups is 3. The number of nitrogens with one attached hydrogen (secondary N) is 2. The van der Waals surface area contributed by atoms with E-state index >= 15 is 0 Å². The summed E-state index contributed by atoms with van der Waals surface area (Å²) < 4.78 is 13.1. The number of likely N-dealkylation sites (tertiary alicyclic amines) is 1. The zero-order valence-electron chi connectivity index (χ0n) is 28.5. The first kappa shape index (κ1) is 35.5. The van der Waals surface area contributed by atoms with Crippen LogP contribution in [0.2, 0.25) is 0 Å². The lowest BCUT2D eigenvalue weighted by Gasteiger charge is -2.45. The second kappa shape index (κ2) is 16.6. The van der Waals surface area contributed by atoms with Gasteiger partial charge in [0, 0.05) is 55.8 Å². The van der Waals surface area contributed by atoms with Gasteiger partial charge in [0.1, 0.15) is 5.54 Å². The fraction of sp³-hybridized carbons (Fsp3) is 0.462. The number of rotatable bonds is 14. The molecule has 0 radical (unpaired) electrons. The van der Waals surface area contributed by atoms with Gasteiger partial charge in [-0.15, -0.1) is 0 Å². The van der Waals surface area contributed by atoms with Crippen LogP contribution in [-0.2, 0) is 30.5 Å². The highest BCUT2D eigenvalue weighted by atomic mass is 16.7. The number of hydrogen-bond acceptors (Lipinski definition) is 8. The van der Waals surface area contributed by atoms with Gasteiger partial charge in [-0.05, 0) is 61.1 Å². The zero-order valence-corrected chi connectivity index (χ0v) is 28.5. The third kappa shape index (κ3) is 8.70. The van der Waals surface area contributed by atoms with Crippen LogP contribution in [0.4, 0.5) is 11.4 Å². The van der Waals surface area contributed by atoms with E-state index in [-0.39, 0.29) is 37.0 Å². The summed E-state index contributed by atoms with van der Waals surface area (Å²) in [5.74, 6) is -0.759. The number of nitrogens with zero attached hydrogens (tertiary/aromatic N) is 2. The van der Waals surface area contributed by atoms with Crippen molar-refractivity contribution < 1.29 is 34.1 Å². The van der Waals surface area contributed by atoms with E-state index in [1.807, 2.05) is 66.7 Å². The second-order valence-electron chi connectivity index (χ2n) is 13.6. The van der Waals surface area contributed by atoms with Gasteiger partial charge in [0.25, 0.3) is 0 Å². The molecule has 3 fully saturated rings. The molecule has 11 heteroatoms. The van der Waals surface area contributed by atoms with Crippen LogP contribution in [0.5, 0.6) is 0 Å². The summed E-state index contributed by atoms with van der Waals surface area (Å²) in [5.41, 5.74) is 3.91. The molecule has 3 atom stereocenters. The van der Waals surface area contributed by atoms with E-state index in [4.69, 9.17) is 14.6 Å². The highest BCUT2D eigenvalue weighted by Gasteiger charge is 2.50. The van der Waals surface area contributed by atoms with Gasteiger partial charge >= 0.3 is 5.97 Å². The molecule has 11 nitrogen and oxygen atoms in total. The lowest BCUT2D eigenvalue weighted by atomic mass is 9.85. The van der Waals surface area contributed by atoms with E-state index in [1.54, 1.807) is 0 Å². The molecule has 0 bridgehead atoms. The van der Waals surface area contributed by atoms with Crippen LogP contribution in [-0.4, -0.2) is 70.8 Å². The zero-order chi connectivity index (χ0) is 34.9. The summed E-state index contributed by atoms with van der Waals surface area (Å²) in [6.45, 7) is 2.75. The van der Waals surface area contributed by atoms with Crippen LogP contribution >= 0.6 is 0 Å². The van der Waals surface area contributed by atoms with Crippen molar-refractivity contribution in [3.63, 3.8) is 0 Å². The number of carboxylic acids is 1. The SMILES string of the molecule is O=C(O)CCCCCCC(=O)Nc1ccc([C@H]2O[C@@H](CN3CCC4(CC3)C(=O)NCN4c3ccccc3)C[C@@H](c3ccc(CO)cc3)O2)cc1. The largest absolute Gasteiger partial charge is 0.481 e. The summed E-state index contributed by atoms with van der Waals surface area (Å²) in [7, 11) is 0. The molecule has 3 saturated heterocycles. The Bertz CT molecular complexity index is 1580. The Hall–Kier alpha value is -4.29. The Morgan fingerprint density at radius 3 is 2.22 bits per heavy atom. The van der Waals surface area contributed by atoms with Crippen LogP contribution in [0.25, 0.3) is 0 Å². The minimum atomic E-state index is -0.787. The fourth-order valence-corrected chi connectivity index (χ4v) is 7.32. The van der Waals surface area contributed by atoms with Crippen molar-refractivity contribution in [3.8, 4) is 0 Å². The van der Waals surface area contributed by atoms with Crippen molar-refractivity contribution >= 4 is 29.2 Å². The fourth-order valence-electron chi connectivity index (χ4n) is 7.32. The molecule has 50 heavy (non-hydrogen) atoms. The van der Waals surface area contributed by atoms with E-state index in [2.05, 4.69) is 32.6 Å². The first-order valence-corrected chi connectivity index (χ1v) is 17.8. The van der Waals surface area contributed by atoms with Crippen molar-refractivity contribution in [2.45, 2.75) is 88.4 Å². The molecule has 0 unspecified atom stereocenters. The molecule has 3 aliphatic heterocycles. The third-order valence-electron chi connectivity index (χ3n) is 10.2. The standard InChI is InChI=1S/C39H48N4O7/c44-26-28-12-14-29(15-13-28)34-24-33(25-42-22-20-39(21-23-42)38(48)40-27-43(39)32-8-4-3-5-9-32)49-37(50-34)30-16-18-31(19-17-30)41-35(45)10-6-1-2-7-11-36(46)47/h3-5,8-9,12-19,33-34,37,44H,1-2,6-7,10-11,20-27H2,(H,40,48)(H,41,45)(H,46,47)/t33-,34+,37+/m1/s1. The summed E-state index contributed by atoms with van der Waals surface area (Å²) >= 11 is 0. The molecule has 0 aliphatic carbocycles. The van der Waals surface area contributed by atoms with Crippen molar-refractivity contribution in [3.05, 3.63) is 95.6 Å². The number of hydrogen-bond donors (Lipinski definition) is 4. The van der Waals surface area contributed by atoms with Crippen molar-refractivity contribution in [1.29, 1.82) is 0 Å². The molecule has 3 heterocycles. The number of anilines is 2. The number of carbonyl (C=O) groups excluding carboxylic acids is 2. The Balaban J connectivity index is 1.08. The summed E-state index contributed by atoms with van der Waals surface area (Å²) in [6.07, 6.45) is 4.67. The number of piperidine rings is 1. The smallest absolute Gasteiger partial charge is 0.303 e. The average Bonchev–Trinajstić information content (AvgIpc) is 3.45. The highest BCUT2D eigenvalue weighted by Crippen LogP contribution is 2.40. The minimum absolute atomic E-state index is 0.0218. The van der Waals surface area contributed by atoms with E-state index < -0.39 is 17.8 Å².